The van der Waals surface area contributed by atoms with Crippen molar-refractivity contribution in [2.75, 3.05) is 11.9 Å². The zero-order chi connectivity index (χ0) is 10.6. The van der Waals surface area contributed by atoms with Crippen LogP contribution in [0, 0.1) is 15.9 Å². The third-order valence-corrected chi connectivity index (χ3v) is 1.81. The van der Waals surface area contributed by atoms with Crippen LogP contribution in [0.2, 0.25) is 0 Å². The Morgan fingerprint density at radius 2 is 2.07 bits per heavy atom. The van der Waals surface area contributed by atoms with Gasteiger partial charge in [-0.1, -0.05) is 0 Å². The molecule has 1 aromatic carbocycles. The minimum Gasteiger partial charge on any atom is -0.378 e. The molecule has 76 valence electrons. The largest absolute Gasteiger partial charge is 0.378 e. The molecule has 0 aliphatic carbocycles. The van der Waals surface area contributed by atoms with E-state index in [2.05, 4.69) is 5.32 Å². The molecule has 0 bridgehead atoms. The van der Waals surface area contributed by atoms with Crippen LogP contribution in [0.25, 0.3) is 0 Å². The van der Waals surface area contributed by atoms with Crippen LogP contribution in [0.15, 0.2) is 24.3 Å². The highest BCUT2D eigenvalue weighted by molar-refractivity contribution is 5.42. The molecular formula is C9H11FN2O2. The van der Waals surface area contributed by atoms with E-state index in [-0.39, 0.29) is 17.3 Å². The van der Waals surface area contributed by atoms with Gasteiger partial charge in [0, 0.05) is 17.5 Å². The topological polar surface area (TPSA) is 55.2 Å². The smallest absolute Gasteiger partial charge is 0.227 e. The minimum atomic E-state index is -0.653. The van der Waals surface area contributed by atoms with Gasteiger partial charge in [-0.05, 0) is 24.3 Å². The molecule has 0 radical (unpaired) electrons. The first-order valence-corrected chi connectivity index (χ1v) is 4.22. The molecule has 4 nitrogen and oxygen atoms in total. The van der Waals surface area contributed by atoms with Gasteiger partial charge in [0.25, 0.3) is 0 Å². The number of anilines is 1. The monoisotopic (exact) mass is 198 g/mol. The summed E-state index contributed by atoms with van der Waals surface area (Å²) in [6.07, 6.45) is 0. The molecule has 1 aromatic rings. The summed E-state index contributed by atoms with van der Waals surface area (Å²) in [6.45, 7) is 1.75. The fourth-order valence-corrected chi connectivity index (χ4v) is 0.908. The average molecular weight is 198 g/mol. The molecule has 0 saturated carbocycles. The maximum Gasteiger partial charge on any atom is 0.227 e. The Balaban J connectivity index is 2.46. The van der Waals surface area contributed by atoms with E-state index in [1.807, 2.05) is 0 Å². The molecule has 0 aliphatic rings. The molecular weight excluding hydrogens is 187 g/mol. The SMILES string of the molecule is CC(CNc1ccc(F)cc1)[N+](=O)[O-]. The van der Waals surface area contributed by atoms with Crippen LogP contribution in [-0.4, -0.2) is 17.5 Å². The Morgan fingerprint density at radius 3 is 2.57 bits per heavy atom. The van der Waals surface area contributed by atoms with Crippen molar-refractivity contribution in [3.8, 4) is 0 Å². The van der Waals surface area contributed by atoms with Gasteiger partial charge in [-0.25, -0.2) is 4.39 Å². The molecule has 0 fully saturated rings. The number of rotatable bonds is 4. The second-order valence-electron chi connectivity index (χ2n) is 3.02. The van der Waals surface area contributed by atoms with E-state index >= 15 is 0 Å². The Morgan fingerprint density at radius 1 is 1.50 bits per heavy atom. The van der Waals surface area contributed by atoms with Crippen LogP contribution < -0.4 is 5.32 Å². The van der Waals surface area contributed by atoms with Crippen LogP contribution in [0.3, 0.4) is 0 Å². The molecule has 0 amide bonds. The quantitative estimate of drug-likeness (QED) is 0.593. The Labute approximate surface area is 80.9 Å². The lowest BCUT2D eigenvalue weighted by atomic mass is 10.3. The molecule has 0 aliphatic heterocycles. The van der Waals surface area contributed by atoms with Crippen molar-refractivity contribution in [2.45, 2.75) is 13.0 Å². The summed E-state index contributed by atoms with van der Waals surface area (Å²) in [5.41, 5.74) is 0.681. The summed E-state index contributed by atoms with van der Waals surface area (Å²) >= 11 is 0. The lowest BCUT2D eigenvalue weighted by Crippen LogP contribution is -2.24. The number of hydrogen-bond acceptors (Lipinski definition) is 3. The Hall–Kier alpha value is -1.65. The number of halogens is 1. The van der Waals surface area contributed by atoms with Gasteiger partial charge in [0.05, 0.1) is 6.54 Å². The highest BCUT2D eigenvalue weighted by atomic mass is 19.1. The van der Waals surface area contributed by atoms with E-state index in [9.17, 15) is 14.5 Å². The van der Waals surface area contributed by atoms with Crippen LogP contribution in [0.1, 0.15) is 6.92 Å². The Bertz CT molecular complexity index is 313. The van der Waals surface area contributed by atoms with Gasteiger partial charge in [-0.15, -0.1) is 0 Å². The van der Waals surface area contributed by atoms with Gasteiger partial charge in [0.1, 0.15) is 5.82 Å². The van der Waals surface area contributed by atoms with E-state index in [1.54, 1.807) is 12.1 Å². The standard InChI is InChI=1S/C9H11FN2O2/c1-7(12(13)14)6-11-9-4-2-8(10)3-5-9/h2-5,7,11H,6H2,1H3. The van der Waals surface area contributed by atoms with Gasteiger partial charge in [0.2, 0.25) is 6.04 Å². The average Bonchev–Trinajstić information content (AvgIpc) is 2.16. The van der Waals surface area contributed by atoms with Crippen LogP contribution in [0.5, 0.6) is 0 Å². The first-order chi connectivity index (χ1) is 6.59. The van der Waals surface area contributed by atoms with Crippen molar-refractivity contribution in [1.29, 1.82) is 0 Å². The molecule has 1 N–H and O–H groups in total. The fourth-order valence-electron chi connectivity index (χ4n) is 0.908. The van der Waals surface area contributed by atoms with Crippen LogP contribution >= 0.6 is 0 Å². The molecule has 1 unspecified atom stereocenters. The van der Waals surface area contributed by atoms with Gasteiger partial charge in [0.15, 0.2) is 0 Å². The zero-order valence-corrected chi connectivity index (χ0v) is 7.74. The predicted molar refractivity (Wildman–Crippen MR) is 51.3 cm³/mol. The number of nitrogens with one attached hydrogen (secondary N) is 1. The number of nitrogens with zero attached hydrogens (tertiary/aromatic N) is 1. The lowest BCUT2D eigenvalue weighted by molar-refractivity contribution is -0.514. The second kappa shape index (κ2) is 4.55. The maximum atomic E-state index is 12.5. The Kier molecular flexibility index (Phi) is 3.39. The van der Waals surface area contributed by atoms with Gasteiger partial charge in [-0.2, -0.15) is 0 Å². The van der Waals surface area contributed by atoms with E-state index in [0.29, 0.717) is 5.69 Å². The molecule has 1 atom stereocenters. The molecule has 5 heteroatoms. The molecule has 0 spiro atoms. The van der Waals surface area contributed by atoms with E-state index in [0.717, 1.165) is 0 Å². The molecule has 14 heavy (non-hydrogen) atoms. The third kappa shape index (κ3) is 3.01. The van der Waals surface area contributed by atoms with Crippen molar-refractivity contribution < 1.29 is 9.31 Å². The van der Waals surface area contributed by atoms with Crippen molar-refractivity contribution >= 4 is 5.69 Å². The zero-order valence-electron chi connectivity index (χ0n) is 7.74. The molecule has 0 heterocycles. The third-order valence-electron chi connectivity index (χ3n) is 1.81. The van der Waals surface area contributed by atoms with Gasteiger partial charge >= 0.3 is 0 Å². The first kappa shape index (κ1) is 10.4. The summed E-state index contributed by atoms with van der Waals surface area (Å²) in [5.74, 6) is -0.321. The summed E-state index contributed by atoms with van der Waals surface area (Å²) < 4.78 is 12.5. The normalized spacial score (nSPS) is 12.1. The predicted octanol–water partition coefficient (Wildman–Crippen LogP) is 1.90. The molecule has 1 rings (SSSR count). The molecule has 0 aromatic heterocycles. The summed E-state index contributed by atoms with van der Waals surface area (Å²) in [7, 11) is 0. The number of nitro groups is 1. The number of hydrogen-bond donors (Lipinski definition) is 1. The van der Waals surface area contributed by atoms with Crippen LogP contribution in [-0.2, 0) is 0 Å². The summed E-state index contributed by atoms with van der Waals surface area (Å²) in [4.78, 5) is 9.92. The lowest BCUT2D eigenvalue weighted by Gasteiger charge is -2.07. The number of benzene rings is 1. The van der Waals surface area contributed by atoms with Crippen molar-refractivity contribution in [3.63, 3.8) is 0 Å². The highest BCUT2D eigenvalue weighted by Crippen LogP contribution is 2.08. The fraction of sp³-hybridized carbons (Fsp3) is 0.333. The van der Waals surface area contributed by atoms with E-state index in [4.69, 9.17) is 0 Å². The molecule has 0 saturated heterocycles. The highest BCUT2D eigenvalue weighted by Gasteiger charge is 2.11. The second-order valence-corrected chi connectivity index (χ2v) is 3.02. The van der Waals surface area contributed by atoms with Crippen LogP contribution in [0.4, 0.5) is 10.1 Å². The summed E-state index contributed by atoms with van der Waals surface area (Å²) in [5, 5.41) is 13.1. The van der Waals surface area contributed by atoms with Gasteiger partial charge in [-0.3, -0.25) is 10.1 Å². The summed E-state index contributed by atoms with van der Waals surface area (Å²) in [6, 6.07) is 5.04. The van der Waals surface area contributed by atoms with E-state index < -0.39 is 6.04 Å². The van der Waals surface area contributed by atoms with Gasteiger partial charge < -0.3 is 5.32 Å². The first-order valence-electron chi connectivity index (χ1n) is 4.22. The maximum absolute atomic E-state index is 12.5. The van der Waals surface area contributed by atoms with Crippen molar-refractivity contribution in [3.05, 3.63) is 40.2 Å². The van der Waals surface area contributed by atoms with E-state index in [1.165, 1.54) is 19.1 Å². The minimum absolute atomic E-state index is 0.235. The van der Waals surface area contributed by atoms with Crippen molar-refractivity contribution in [2.24, 2.45) is 0 Å². The van der Waals surface area contributed by atoms with Crippen molar-refractivity contribution in [1.82, 2.24) is 0 Å².